The first-order valence-corrected chi connectivity index (χ1v) is 25.8. The van der Waals surface area contributed by atoms with Gasteiger partial charge < -0.3 is 14.2 Å². The average molecular weight is 853 g/mol. The number of rotatable bonds is 46. The molecule has 1 unspecified atom stereocenters. The number of carbonyl (C=O) groups excluding carboxylic acids is 3. The monoisotopic (exact) mass is 853 g/mol. The quantitative estimate of drug-likeness (QED) is 0.0200. The van der Waals surface area contributed by atoms with Crippen molar-refractivity contribution in [3.63, 3.8) is 0 Å². The van der Waals surface area contributed by atoms with E-state index in [4.69, 9.17) is 14.2 Å². The lowest BCUT2D eigenvalue weighted by atomic mass is 10.1. The molecule has 0 aromatic carbocycles. The van der Waals surface area contributed by atoms with Crippen LogP contribution in [0.25, 0.3) is 0 Å². The molecule has 0 N–H and O–H groups in total. The maximum Gasteiger partial charge on any atom is 0.306 e. The van der Waals surface area contributed by atoms with E-state index in [1.54, 1.807) is 0 Å². The van der Waals surface area contributed by atoms with Crippen molar-refractivity contribution in [2.24, 2.45) is 0 Å². The Labute approximate surface area is 377 Å². The van der Waals surface area contributed by atoms with Crippen LogP contribution < -0.4 is 0 Å². The molecule has 0 heterocycles. The van der Waals surface area contributed by atoms with Crippen LogP contribution in [0, 0.1) is 0 Å². The van der Waals surface area contributed by atoms with Crippen LogP contribution in [-0.2, 0) is 28.6 Å². The summed E-state index contributed by atoms with van der Waals surface area (Å²) in [5.74, 6) is -0.906. The van der Waals surface area contributed by atoms with Crippen LogP contribution >= 0.6 is 0 Å². The summed E-state index contributed by atoms with van der Waals surface area (Å²) in [6.45, 7) is 6.47. The van der Waals surface area contributed by atoms with Gasteiger partial charge in [0.15, 0.2) is 6.10 Å². The minimum atomic E-state index is -0.784. The normalized spacial score (nSPS) is 12.5. The van der Waals surface area contributed by atoms with Crippen LogP contribution in [0.3, 0.4) is 0 Å². The van der Waals surface area contributed by atoms with Gasteiger partial charge in [-0.3, -0.25) is 14.4 Å². The zero-order valence-corrected chi connectivity index (χ0v) is 40.2. The van der Waals surface area contributed by atoms with Gasteiger partial charge in [-0.05, 0) is 77.0 Å². The summed E-state index contributed by atoms with van der Waals surface area (Å²) in [6.07, 6.45) is 60.6. The fourth-order valence-electron chi connectivity index (χ4n) is 7.15. The lowest BCUT2D eigenvalue weighted by Crippen LogP contribution is -2.30. The van der Waals surface area contributed by atoms with Crippen LogP contribution in [0.5, 0.6) is 0 Å². The topological polar surface area (TPSA) is 78.9 Å². The second kappa shape index (κ2) is 49.8. The minimum Gasteiger partial charge on any atom is -0.462 e. The molecule has 0 aliphatic rings. The van der Waals surface area contributed by atoms with Gasteiger partial charge in [0.05, 0.1) is 0 Å². The summed E-state index contributed by atoms with van der Waals surface area (Å²) in [5, 5.41) is 0. The number of allylic oxidation sites excluding steroid dienone is 10. The van der Waals surface area contributed by atoms with E-state index < -0.39 is 6.10 Å². The van der Waals surface area contributed by atoms with Gasteiger partial charge in [0.2, 0.25) is 0 Å². The molecule has 6 heteroatoms. The van der Waals surface area contributed by atoms with Crippen molar-refractivity contribution in [3.8, 4) is 0 Å². The first-order chi connectivity index (χ1) is 30.0. The Morgan fingerprint density at radius 1 is 0.361 bits per heavy atom. The van der Waals surface area contributed by atoms with Crippen molar-refractivity contribution in [3.05, 3.63) is 60.8 Å². The summed E-state index contributed by atoms with van der Waals surface area (Å²) in [6, 6.07) is 0. The molecule has 0 aromatic heterocycles. The number of esters is 3. The van der Waals surface area contributed by atoms with Crippen LogP contribution in [0.15, 0.2) is 60.8 Å². The standard InChI is InChI=1S/C55H96O6/c1-4-7-10-13-16-19-22-24-26-27-28-29-30-32-33-36-39-42-45-48-54(57)60-51-52(50-59-53(56)47-44-41-38-35-21-18-15-12-9-6-3)61-55(58)49-46-43-40-37-34-31-25-23-20-17-14-11-8-5-2/h8,11,16-17,19-20,22,24-25,31,52H,4-7,9-10,12-15,18,21,23,26-30,32-51H2,1-3H3/b11-8-,19-16-,20-17-,24-22-,31-25-. The van der Waals surface area contributed by atoms with Gasteiger partial charge >= 0.3 is 17.9 Å². The number of unbranched alkanes of at least 4 members (excludes halogenated alkanes) is 26. The van der Waals surface area contributed by atoms with Crippen molar-refractivity contribution in [1.29, 1.82) is 0 Å². The summed E-state index contributed by atoms with van der Waals surface area (Å²) < 4.78 is 16.8. The summed E-state index contributed by atoms with van der Waals surface area (Å²) >= 11 is 0. The molecule has 0 aromatic rings. The van der Waals surface area contributed by atoms with Crippen molar-refractivity contribution in [1.82, 2.24) is 0 Å². The highest BCUT2D eigenvalue weighted by Crippen LogP contribution is 2.15. The van der Waals surface area contributed by atoms with Gasteiger partial charge in [0, 0.05) is 19.3 Å². The Morgan fingerprint density at radius 3 is 1.13 bits per heavy atom. The van der Waals surface area contributed by atoms with Gasteiger partial charge in [0.25, 0.3) is 0 Å². The van der Waals surface area contributed by atoms with Crippen molar-refractivity contribution >= 4 is 17.9 Å². The third-order valence-electron chi connectivity index (χ3n) is 11.0. The summed E-state index contributed by atoms with van der Waals surface area (Å²) in [5.41, 5.74) is 0. The lowest BCUT2D eigenvalue weighted by molar-refractivity contribution is -0.167. The fourth-order valence-corrected chi connectivity index (χ4v) is 7.15. The second-order valence-electron chi connectivity index (χ2n) is 17.1. The Morgan fingerprint density at radius 2 is 0.689 bits per heavy atom. The number of hydrogen-bond acceptors (Lipinski definition) is 6. The highest BCUT2D eigenvalue weighted by Gasteiger charge is 2.19. The SMILES string of the molecule is CC/C=C\C/C=C\C/C=C\CCCCCCC(=O)OC(COC(=O)CCCCCCCCCCCC)COC(=O)CCCCCCCCCCCC/C=C\C=C/CCCCC. The zero-order valence-electron chi connectivity index (χ0n) is 40.2. The molecule has 0 fully saturated rings. The average Bonchev–Trinajstić information content (AvgIpc) is 3.26. The maximum absolute atomic E-state index is 12.8. The Kier molecular flexibility index (Phi) is 47.4. The van der Waals surface area contributed by atoms with E-state index in [9.17, 15) is 14.4 Å². The molecule has 352 valence electrons. The molecule has 0 amide bonds. The van der Waals surface area contributed by atoms with Crippen molar-refractivity contribution in [2.45, 2.75) is 258 Å². The Balaban J connectivity index is 4.34. The third-order valence-corrected chi connectivity index (χ3v) is 11.0. The zero-order chi connectivity index (χ0) is 44.4. The number of hydrogen-bond donors (Lipinski definition) is 0. The smallest absolute Gasteiger partial charge is 0.306 e. The van der Waals surface area contributed by atoms with E-state index in [1.807, 2.05) is 0 Å². The molecule has 0 saturated heterocycles. The van der Waals surface area contributed by atoms with E-state index in [-0.39, 0.29) is 31.1 Å². The predicted octanol–water partition coefficient (Wildman–Crippen LogP) is 16.9. The van der Waals surface area contributed by atoms with E-state index in [2.05, 4.69) is 81.5 Å². The molecule has 0 rings (SSSR count). The molecule has 1 atom stereocenters. The highest BCUT2D eigenvalue weighted by atomic mass is 16.6. The Hall–Kier alpha value is -2.89. The summed E-state index contributed by atoms with van der Waals surface area (Å²) in [4.78, 5) is 37.9. The first kappa shape index (κ1) is 58.1. The maximum atomic E-state index is 12.8. The number of carbonyl (C=O) groups is 3. The summed E-state index contributed by atoms with van der Waals surface area (Å²) in [7, 11) is 0. The van der Waals surface area contributed by atoms with E-state index in [1.165, 1.54) is 122 Å². The van der Waals surface area contributed by atoms with Gasteiger partial charge in [-0.2, -0.15) is 0 Å². The molecule has 61 heavy (non-hydrogen) atoms. The molecule has 0 aliphatic heterocycles. The molecule has 0 radical (unpaired) electrons. The van der Waals surface area contributed by atoms with Gasteiger partial charge in [-0.25, -0.2) is 0 Å². The molecule has 0 saturated carbocycles. The van der Waals surface area contributed by atoms with Crippen LogP contribution in [0.2, 0.25) is 0 Å². The molecule has 6 nitrogen and oxygen atoms in total. The van der Waals surface area contributed by atoms with Crippen molar-refractivity contribution < 1.29 is 28.6 Å². The second-order valence-corrected chi connectivity index (χ2v) is 17.1. The largest absolute Gasteiger partial charge is 0.462 e. The van der Waals surface area contributed by atoms with Crippen molar-refractivity contribution in [2.75, 3.05) is 13.2 Å². The minimum absolute atomic E-state index is 0.0829. The van der Waals surface area contributed by atoms with Gasteiger partial charge in [0.1, 0.15) is 13.2 Å². The third kappa shape index (κ3) is 48.0. The highest BCUT2D eigenvalue weighted by molar-refractivity contribution is 5.71. The number of ether oxygens (including phenoxy) is 3. The predicted molar refractivity (Wildman–Crippen MR) is 261 cm³/mol. The molecule has 0 spiro atoms. The molecular formula is C55H96O6. The fraction of sp³-hybridized carbons (Fsp3) is 0.764. The van der Waals surface area contributed by atoms with Crippen LogP contribution in [-0.4, -0.2) is 37.2 Å². The Bertz CT molecular complexity index is 1120. The van der Waals surface area contributed by atoms with E-state index in [0.717, 1.165) is 89.9 Å². The van der Waals surface area contributed by atoms with Crippen LogP contribution in [0.4, 0.5) is 0 Å². The van der Waals surface area contributed by atoms with Gasteiger partial charge in [-0.15, -0.1) is 0 Å². The molecule has 0 bridgehead atoms. The lowest BCUT2D eigenvalue weighted by Gasteiger charge is -2.18. The van der Waals surface area contributed by atoms with Gasteiger partial charge in [-0.1, -0.05) is 216 Å². The molecular weight excluding hydrogens is 757 g/mol. The first-order valence-electron chi connectivity index (χ1n) is 25.8. The van der Waals surface area contributed by atoms with E-state index in [0.29, 0.717) is 19.3 Å². The molecule has 0 aliphatic carbocycles. The van der Waals surface area contributed by atoms with Crippen LogP contribution in [0.1, 0.15) is 252 Å². The van der Waals surface area contributed by atoms with E-state index >= 15 is 0 Å².